The van der Waals surface area contributed by atoms with Crippen LogP contribution in [0.1, 0.15) is 35.4 Å². The molecule has 1 aliphatic rings. The molecular formula is C18H25N3O3S. The standard InChI is InChI=1S/C18H25N3O3S/c1-12-6-9-17(24-5)18(10-12)25(22,23)21(15-7-8-15)11-16-13(2)19-20(4)14(16)3/h6,9-10,15H,7-8,11H2,1-5H3. The Morgan fingerprint density at radius 2 is 1.96 bits per heavy atom. The molecule has 1 saturated carbocycles. The van der Waals surface area contributed by atoms with Gasteiger partial charge in [-0.1, -0.05) is 6.07 Å². The van der Waals surface area contributed by atoms with Gasteiger partial charge in [-0.2, -0.15) is 9.40 Å². The lowest BCUT2D eigenvalue weighted by Gasteiger charge is -2.23. The molecule has 0 unspecified atom stereocenters. The molecule has 7 heteroatoms. The summed E-state index contributed by atoms with van der Waals surface area (Å²) in [6.07, 6.45) is 1.79. The monoisotopic (exact) mass is 363 g/mol. The molecule has 0 spiro atoms. The van der Waals surface area contributed by atoms with Gasteiger partial charge in [-0.15, -0.1) is 0 Å². The summed E-state index contributed by atoms with van der Waals surface area (Å²) in [5.41, 5.74) is 3.74. The summed E-state index contributed by atoms with van der Waals surface area (Å²) in [5.74, 6) is 0.385. The van der Waals surface area contributed by atoms with Gasteiger partial charge in [-0.25, -0.2) is 8.42 Å². The van der Waals surface area contributed by atoms with Crippen LogP contribution in [0.5, 0.6) is 5.75 Å². The number of methoxy groups -OCH3 is 1. The average Bonchev–Trinajstić information content (AvgIpc) is 3.35. The Balaban J connectivity index is 2.05. The predicted octanol–water partition coefficient (Wildman–Crippen LogP) is 2.71. The molecule has 1 heterocycles. The van der Waals surface area contributed by atoms with Crippen LogP contribution < -0.4 is 4.74 Å². The smallest absolute Gasteiger partial charge is 0.247 e. The van der Waals surface area contributed by atoms with Crippen LogP contribution in [0, 0.1) is 20.8 Å². The number of hydrogen-bond acceptors (Lipinski definition) is 4. The van der Waals surface area contributed by atoms with Crippen LogP contribution >= 0.6 is 0 Å². The second-order valence-corrected chi connectivity index (χ2v) is 8.57. The Labute approximate surface area is 149 Å². The van der Waals surface area contributed by atoms with E-state index in [0.29, 0.717) is 12.3 Å². The first kappa shape index (κ1) is 17.9. The highest BCUT2D eigenvalue weighted by Crippen LogP contribution is 2.37. The molecule has 1 aromatic heterocycles. The first-order valence-electron chi connectivity index (χ1n) is 8.41. The van der Waals surface area contributed by atoms with Crippen molar-refractivity contribution in [3.8, 4) is 5.75 Å². The van der Waals surface area contributed by atoms with Crippen molar-refractivity contribution in [2.24, 2.45) is 7.05 Å². The van der Waals surface area contributed by atoms with Crippen molar-refractivity contribution in [1.29, 1.82) is 0 Å². The molecular weight excluding hydrogens is 338 g/mol. The summed E-state index contributed by atoms with van der Waals surface area (Å²) in [6, 6.07) is 5.31. The van der Waals surface area contributed by atoms with Crippen molar-refractivity contribution >= 4 is 10.0 Å². The van der Waals surface area contributed by atoms with Crippen LogP contribution in [0.15, 0.2) is 23.1 Å². The quantitative estimate of drug-likeness (QED) is 0.792. The summed E-state index contributed by atoms with van der Waals surface area (Å²) in [7, 11) is -0.273. The number of sulfonamides is 1. The van der Waals surface area contributed by atoms with Gasteiger partial charge in [0.05, 0.1) is 12.8 Å². The molecule has 2 aromatic rings. The van der Waals surface area contributed by atoms with Gasteiger partial charge in [-0.05, 0) is 51.3 Å². The van der Waals surface area contributed by atoms with Gasteiger partial charge >= 0.3 is 0 Å². The second kappa shape index (κ2) is 6.46. The fourth-order valence-electron chi connectivity index (χ4n) is 3.09. The van der Waals surface area contributed by atoms with Crippen LogP contribution in [0.3, 0.4) is 0 Å². The maximum atomic E-state index is 13.4. The summed E-state index contributed by atoms with van der Waals surface area (Å²) >= 11 is 0. The lowest BCUT2D eigenvalue weighted by molar-refractivity contribution is 0.380. The molecule has 136 valence electrons. The zero-order valence-electron chi connectivity index (χ0n) is 15.4. The SMILES string of the molecule is COc1ccc(C)cc1S(=O)(=O)N(Cc1c(C)nn(C)c1C)C1CC1. The number of aryl methyl sites for hydroxylation is 3. The van der Waals surface area contributed by atoms with E-state index in [0.717, 1.165) is 35.4 Å². The highest BCUT2D eigenvalue weighted by atomic mass is 32.2. The molecule has 0 bridgehead atoms. The van der Waals surface area contributed by atoms with Gasteiger partial charge < -0.3 is 4.74 Å². The van der Waals surface area contributed by atoms with Crippen LogP contribution in [-0.4, -0.2) is 35.7 Å². The number of nitrogens with zero attached hydrogens (tertiary/aromatic N) is 3. The maximum absolute atomic E-state index is 13.4. The lowest BCUT2D eigenvalue weighted by Crippen LogP contribution is -2.33. The molecule has 25 heavy (non-hydrogen) atoms. The molecule has 0 amide bonds. The van der Waals surface area contributed by atoms with Gasteiger partial charge in [0.25, 0.3) is 0 Å². The van der Waals surface area contributed by atoms with Gasteiger partial charge in [0.15, 0.2) is 0 Å². The first-order valence-corrected chi connectivity index (χ1v) is 9.85. The van der Waals surface area contributed by atoms with Crippen molar-refractivity contribution in [2.75, 3.05) is 7.11 Å². The molecule has 6 nitrogen and oxygen atoms in total. The van der Waals surface area contributed by atoms with Crippen molar-refractivity contribution in [3.63, 3.8) is 0 Å². The number of aromatic nitrogens is 2. The molecule has 0 atom stereocenters. The molecule has 0 radical (unpaired) electrons. The van der Waals surface area contributed by atoms with Crippen molar-refractivity contribution in [1.82, 2.24) is 14.1 Å². The van der Waals surface area contributed by atoms with Crippen LogP contribution in [0.4, 0.5) is 0 Å². The van der Waals surface area contributed by atoms with Crippen molar-refractivity contribution in [2.45, 2.75) is 51.1 Å². The molecule has 3 rings (SSSR count). The third-order valence-corrected chi connectivity index (χ3v) is 6.75. The Morgan fingerprint density at radius 1 is 1.28 bits per heavy atom. The Bertz CT molecular complexity index is 899. The second-order valence-electron chi connectivity index (χ2n) is 6.71. The van der Waals surface area contributed by atoms with Crippen LogP contribution in [-0.2, 0) is 23.6 Å². The van der Waals surface area contributed by atoms with E-state index >= 15 is 0 Å². The number of rotatable bonds is 6. The van der Waals surface area contributed by atoms with Crippen LogP contribution in [0.2, 0.25) is 0 Å². The molecule has 1 aliphatic carbocycles. The van der Waals surface area contributed by atoms with E-state index in [4.69, 9.17) is 4.74 Å². The Hall–Kier alpha value is -1.86. The van der Waals surface area contributed by atoms with Crippen LogP contribution in [0.25, 0.3) is 0 Å². The highest BCUT2D eigenvalue weighted by molar-refractivity contribution is 7.89. The average molecular weight is 363 g/mol. The van der Waals surface area contributed by atoms with Gasteiger partial charge in [-0.3, -0.25) is 4.68 Å². The number of ether oxygens (including phenoxy) is 1. The normalized spacial score (nSPS) is 15.0. The van der Waals surface area contributed by atoms with E-state index < -0.39 is 10.0 Å². The minimum Gasteiger partial charge on any atom is -0.495 e. The van der Waals surface area contributed by atoms with E-state index in [1.807, 2.05) is 33.9 Å². The maximum Gasteiger partial charge on any atom is 0.247 e. The number of hydrogen-bond donors (Lipinski definition) is 0. The molecule has 1 aromatic carbocycles. The van der Waals surface area contributed by atoms with Gasteiger partial charge in [0.1, 0.15) is 10.6 Å². The predicted molar refractivity (Wildman–Crippen MR) is 96.2 cm³/mol. The highest BCUT2D eigenvalue weighted by Gasteiger charge is 2.40. The van der Waals surface area contributed by atoms with E-state index in [2.05, 4.69) is 5.10 Å². The molecule has 0 N–H and O–H groups in total. The first-order chi connectivity index (χ1) is 11.8. The lowest BCUT2D eigenvalue weighted by atomic mass is 10.2. The zero-order chi connectivity index (χ0) is 18.4. The Kier molecular flexibility index (Phi) is 4.64. The van der Waals surface area contributed by atoms with E-state index in [1.165, 1.54) is 7.11 Å². The molecule has 0 saturated heterocycles. The van der Waals surface area contributed by atoms with Crippen molar-refractivity contribution in [3.05, 3.63) is 40.7 Å². The third kappa shape index (κ3) is 3.30. The minimum atomic E-state index is -3.65. The summed E-state index contributed by atoms with van der Waals surface area (Å²) in [4.78, 5) is 0.237. The number of benzene rings is 1. The minimum absolute atomic E-state index is 0.0502. The van der Waals surface area contributed by atoms with E-state index in [9.17, 15) is 8.42 Å². The Morgan fingerprint density at radius 3 is 2.48 bits per heavy atom. The van der Waals surface area contributed by atoms with Gasteiger partial charge in [0, 0.05) is 30.9 Å². The summed E-state index contributed by atoms with van der Waals surface area (Å²) < 4.78 is 35.5. The zero-order valence-corrected chi connectivity index (χ0v) is 16.2. The topological polar surface area (TPSA) is 64.4 Å². The molecule has 0 aliphatic heterocycles. The van der Waals surface area contributed by atoms with Crippen molar-refractivity contribution < 1.29 is 13.2 Å². The van der Waals surface area contributed by atoms with E-state index in [-0.39, 0.29) is 10.9 Å². The third-order valence-electron chi connectivity index (χ3n) is 4.83. The fourth-order valence-corrected chi connectivity index (χ4v) is 4.98. The largest absolute Gasteiger partial charge is 0.495 e. The molecule has 1 fully saturated rings. The van der Waals surface area contributed by atoms with Gasteiger partial charge in [0.2, 0.25) is 10.0 Å². The van der Waals surface area contributed by atoms with E-state index in [1.54, 1.807) is 21.1 Å². The summed E-state index contributed by atoms with van der Waals surface area (Å²) in [5, 5.41) is 4.42. The fraction of sp³-hybridized carbons (Fsp3) is 0.500. The summed E-state index contributed by atoms with van der Waals surface area (Å²) in [6.45, 7) is 6.12.